The highest BCUT2D eigenvalue weighted by molar-refractivity contribution is 5.76. The van der Waals surface area contributed by atoms with Crippen molar-refractivity contribution in [2.45, 2.75) is 386 Å². The highest BCUT2D eigenvalue weighted by atomic mass is 16.5. The van der Waals surface area contributed by atoms with Crippen molar-refractivity contribution in [2.75, 3.05) is 13.2 Å². The number of carbonyl (C=O) groups excluding carboxylic acids is 2. The molecule has 0 spiro atoms. The zero-order valence-corrected chi connectivity index (χ0v) is 50.1. The number of amides is 1. The van der Waals surface area contributed by atoms with Gasteiger partial charge in [-0.25, -0.2) is 0 Å². The maximum atomic E-state index is 12.4. The van der Waals surface area contributed by atoms with E-state index in [1.54, 1.807) is 6.08 Å². The van der Waals surface area contributed by atoms with Gasteiger partial charge in [-0.2, -0.15) is 0 Å². The van der Waals surface area contributed by atoms with Gasteiger partial charge in [0.15, 0.2) is 0 Å². The summed E-state index contributed by atoms with van der Waals surface area (Å²) in [5.74, 6) is -0.0511. The van der Waals surface area contributed by atoms with Gasteiger partial charge in [-0.15, -0.1) is 0 Å². The molecule has 0 aliphatic heterocycles. The molecule has 0 fully saturated rings. The van der Waals surface area contributed by atoms with Crippen LogP contribution in [0.5, 0.6) is 0 Å². The van der Waals surface area contributed by atoms with E-state index >= 15 is 0 Å². The molecule has 0 saturated heterocycles. The number of aliphatic hydroxyl groups excluding tert-OH is 2. The first-order valence-electron chi connectivity index (χ1n) is 33.6. The second-order valence-electron chi connectivity index (χ2n) is 23.2. The van der Waals surface area contributed by atoms with Gasteiger partial charge in [-0.1, -0.05) is 327 Å². The molecule has 74 heavy (non-hydrogen) atoms. The second-order valence-corrected chi connectivity index (χ2v) is 23.2. The van der Waals surface area contributed by atoms with Crippen LogP contribution >= 0.6 is 0 Å². The quantitative estimate of drug-likeness (QED) is 0.0320. The number of esters is 1. The molecule has 0 rings (SSSR count). The van der Waals surface area contributed by atoms with Gasteiger partial charge in [-0.3, -0.25) is 9.59 Å². The maximum absolute atomic E-state index is 12.4. The lowest BCUT2D eigenvalue weighted by molar-refractivity contribution is -0.143. The van der Waals surface area contributed by atoms with Gasteiger partial charge in [0.1, 0.15) is 0 Å². The summed E-state index contributed by atoms with van der Waals surface area (Å²) in [7, 11) is 0. The molecule has 0 bridgehead atoms. The molecule has 0 aromatic carbocycles. The van der Waals surface area contributed by atoms with Gasteiger partial charge >= 0.3 is 5.97 Å². The number of rotatable bonds is 63. The van der Waals surface area contributed by atoms with Gasteiger partial charge in [0.25, 0.3) is 0 Å². The van der Waals surface area contributed by atoms with E-state index in [9.17, 15) is 19.8 Å². The molecular weight excluding hydrogens is 911 g/mol. The fourth-order valence-corrected chi connectivity index (χ4v) is 10.6. The Balaban J connectivity index is 3.32. The molecule has 2 unspecified atom stereocenters. The molecule has 438 valence electrons. The molecule has 0 heterocycles. The highest BCUT2D eigenvalue weighted by Crippen LogP contribution is 2.18. The molecule has 6 nitrogen and oxygen atoms in total. The Morgan fingerprint density at radius 3 is 0.959 bits per heavy atom. The zero-order valence-electron chi connectivity index (χ0n) is 50.1. The average Bonchev–Trinajstić information content (AvgIpc) is 3.40. The van der Waals surface area contributed by atoms with Crippen molar-refractivity contribution >= 4 is 11.9 Å². The number of unbranched alkanes of at least 4 members (excludes halogenated alkanes) is 50. The topological polar surface area (TPSA) is 95.9 Å². The Labute approximate surface area is 462 Å². The second kappa shape index (κ2) is 63.9. The molecule has 0 aromatic heterocycles. The summed E-state index contributed by atoms with van der Waals surface area (Å²) in [4.78, 5) is 24.5. The maximum Gasteiger partial charge on any atom is 0.305 e. The summed E-state index contributed by atoms with van der Waals surface area (Å²) in [5, 5.41) is 23.1. The summed E-state index contributed by atoms with van der Waals surface area (Å²) in [5.41, 5.74) is 0. The van der Waals surface area contributed by atoms with Crippen LogP contribution in [0.2, 0.25) is 0 Å². The molecule has 0 aliphatic rings. The largest absolute Gasteiger partial charge is 0.466 e. The monoisotopic (exact) mass is 1040 g/mol. The Bertz CT molecular complexity index is 1150. The van der Waals surface area contributed by atoms with Crippen molar-refractivity contribution in [2.24, 2.45) is 0 Å². The number of allylic oxidation sites excluding steroid dienone is 3. The minimum absolute atomic E-state index is 0.0122. The van der Waals surface area contributed by atoms with Gasteiger partial charge < -0.3 is 20.3 Å². The van der Waals surface area contributed by atoms with Crippen molar-refractivity contribution in [1.82, 2.24) is 5.32 Å². The van der Waals surface area contributed by atoms with Crippen LogP contribution in [-0.2, 0) is 14.3 Å². The van der Waals surface area contributed by atoms with Crippen LogP contribution in [0, 0.1) is 0 Å². The minimum Gasteiger partial charge on any atom is -0.466 e. The third kappa shape index (κ3) is 59.6. The predicted molar refractivity (Wildman–Crippen MR) is 324 cm³/mol. The van der Waals surface area contributed by atoms with Crippen LogP contribution in [0.1, 0.15) is 373 Å². The average molecular weight is 1040 g/mol. The van der Waals surface area contributed by atoms with Crippen LogP contribution in [0.15, 0.2) is 24.3 Å². The predicted octanol–water partition coefficient (Wildman–Crippen LogP) is 21.4. The molecule has 2 atom stereocenters. The van der Waals surface area contributed by atoms with Crippen molar-refractivity contribution in [1.29, 1.82) is 0 Å². The standard InChI is InChI=1S/C68H131NO5/c1-3-5-7-9-11-13-15-17-34-38-42-46-50-54-58-62-68(73)74-63-59-55-51-47-43-39-36-33-31-29-27-25-23-21-19-18-20-22-24-26-28-30-32-35-37-41-45-49-53-57-61-67(72)69-65(64-70)66(71)60-56-52-48-44-40-16-14-12-10-8-6-4-2/h17,34,56,60,65-66,70-71H,3-16,18-33,35-55,57-59,61-64H2,1-2H3,(H,69,72)/b34-17-,60-56+. The van der Waals surface area contributed by atoms with Crippen LogP contribution in [0.25, 0.3) is 0 Å². The lowest BCUT2D eigenvalue weighted by Crippen LogP contribution is -2.45. The Morgan fingerprint density at radius 1 is 0.365 bits per heavy atom. The van der Waals surface area contributed by atoms with Crippen LogP contribution in [0.3, 0.4) is 0 Å². The number of hydrogen-bond acceptors (Lipinski definition) is 5. The molecule has 0 saturated carbocycles. The molecule has 1 amide bonds. The molecule has 0 radical (unpaired) electrons. The van der Waals surface area contributed by atoms with E-state index in [0.717, 1.165) is 44.9 Å². The first-order chi connectivity index (χ1) is 36.5. The van der Waals surface area contributed by atoms with Crippen molar-refractivity contribution < 1.29 is 24.5 Å². The van der Waals surface area contributed by atoms with E-state index < -0.39 is 12.1 Å². The summed E-state index contributed by atoms with van der Waals surface area (Å²) in [6.45, 7) is 4.91. The van der Waals surface area contributed by atoms with E-state index in [4.69, 9.17) is 4.74 Å². The lowest BCUT2D eigenvalue weighted by atomic mass is 10.0. The van der Waals surface area contributed by atoms with E-state index in [1.165, 1.54) is 302 Å². The van der Waals surface area contributed by atoms with Crippen LogP contribution in [-0.4, -0.2) is 47.4 Å². The number of hydrogen-bond donors (Lipinski definition) is 3. The number of ether oxygens (including phenoxy) is 1. The molecule has 0 aliphatic carbocycles. The molecule has 3 N–H and O–H groups in total. The minimum atomic E-state index is -0.840. The van der Waals surface area contributed by atoms with Crippen LogP contribution < -0.4 is 5.32 Å². The van der Waals surface area contributed by atoms with E-state index in [1.807, 2.05) is 6.08 Å². The molecule has 6 heteroatoms. The smallest absolute Gasteiger partial charge is 0.305 e. The van der Waals surface area contributed by atoms with Crippen molar-refractivity contribution in [3.05, 3.63) is 24.3 Å². The van der Waals surface area contributed by atoms with Crippen LogP contribution in [0.4, 0.5) is 0 Å². The Kier molecular flexibility index (Phi) is 62.4. The first kappa shape index (κ1) is 72.3. The number of nitrogens with one attached hydrogen (secondary N) is 1. The summed E-state index contributed by atoms with van der Waals surface area (Å²) < 4.78 is 5.49. The zero-order chi connectivity index (χ0) is 53.6. The Hall–Kier alpha value is -1.66. The SMILES string of the molecule is CCCCCCCC/C=C\CCCCCCCC(=O)OCCCCCCCCCCCCCCCCCCCCCCCCCCCCCCCCC(=O)NC(CO)C(O)/C=C/CCCCCCCCCCCC. The molecular formula is C68H131NO5. The van der Waals surface area contributed by atoms with Crippen molar-refractivity contribution in [3.63, 3.8) is 0 Å². The fraction of sp³-hybridized carbons (Fsp3) is 0.912. The Morgan fingerprint density at radius 2 is 0.635 bits per heavy atom. The van der Waals surface area contributed by atoms with E-state index in [0.29, 0.717) is 19.4 Å². The van der Waals surface area contributed by atoms with E-state index in [-0.39, 0.29) is 18.5 Å². The van der Waals surface area contributed by atoms with Crippen molar-refractivity contribution in [3.8, 4) is 0 Å². The van der Waals surface area contributed by atoms with Gasteiger partial charge in [0.05, 0.1) is 25.4 Å². The third-order valence-corrected chi connectivity index (χ3v) is 15.7. The summed E-state index contributed by atoms with van der Waals surface area (Å²) in [6.07, 6.45) is 79.7. The normalized spacial score (nSPS) is 12.6. The number of aliphatic hydroxyl groups is 2. The lowest BCUT2D eigenvalue weighted by Gasteiger charge is -2.20. The summed E-state index contributed by atoms with van der Waals surface area (Å²) in [6, 6.07) is -0.623. The van der Waals surface area contributed by atoms with Gasteiger partial charge in [-0.05, 0) is 57.8 Å². The van der Waals surface area contributed by atoms with E-state index in [2.05, 4.69) is 31.3 Å². The molecule has 0 aromatic rings. The number of carbonyl (C=O) groups is 2. The van der Waals surface area contributed by atoms with Gasteiger partial charge in [0, 0.05) is 12.8 Å². The third-order valence-electron chi connectivity index (χ3n) is 15.7. The highest BCUT2D eigenvalue weighted by Gasteiger charge is 2.18. The first-order valence-corrected chi connectivity index (χ1v) is 33.6. The summed E-state index contributed by atoms with van der Waals surface area (Å²) >= 11 is 0. The van der Waals surface area contributed by atoms with Gasteiger partial charge in [0.2, 0.25) is 5.91 Å². The fourth-order valence-electron chi connectivity index (χ4n) is 10.6.